The van der Waals surface area contributed by atoms with Gasteiger partial charge in [-0.3, -0.25) is 14.5 Å². The molecule has 2 aliphatic heterocycles. The Bertz CT molecular complexity index is 1130. The molecule has 1 fully saturated rings. The molecule has 32 heavy (non-hydrogen) atoms. The molecule has 2 aliphatic rings. The van der Waals surface area contributed by atoms with Crippen molar-refractivity contribution in [2.45, 2.75) is 43.5 Å². The van der Waals surface area contributed by atoms with Crippen molar-refractivity contribution in [1.29, 1.82) is 0 Å². The van der Waals surface area contributed by atoms with Gasteiger partial charge in [0.1, 0.15) is 6.04 Å². The Morgan fingerprint density at radius 3 is 2.44 bits per heavy atom. The van der Waals surface area contributed by atoms with Gasteiger partial charge in [0.25, 0.3) is 0 Å². The smallest absolute Gasteiger partial charge is 0.243 e. The number of halogens is 1. The maximum absolute atomic E-state index is 12.9. The topological polar surface area (TPSA) is 86.8 Å². The first-order chi connectivity index (χ1) is 15.3. The lowest BCUT2D eigenvalue weighted by molar-refractivity contribution is -0.125. The van der Waals surface area contributed by atoms with E-state index in [1.165, 1.54) is 22.2 Å². The Labute approximate surface area is 193 Å². The molecule has 0 unspecified atom stereocenters. The number of carbonyl (C=O) groups excluding carboxylic acids is 2. The van der Waals surface area contributed by atoms with E-state index in [1.807, 2.05) is 12.1 Å². The summed E-state index contributed by atoms with van der Waals surface area (Å²) in [4.78, 5) is 26.9. The summed E-state index contributed by atoms with van der Waals surface area (Å²) in [5, 5.41) is 3.56. The minimum Gasteiger partial charge on any atom is -0.354 e. The molecule has 170 valence electrons. The van der Waals surface area contributed by atoms with Gasteiger partial charge in [0.15, 0.2) is 0 Å². The van der Waals surface area contributed by atoms with Gasteiger partial charge < -0.3 is 5.32 Å². The van der Waals surface area contributed by atoms with Crippen LogP contribution >= 0.6 is 11.6 Å². The van der Waals surface area contributed by atoms with Crippen LogP contribution in [0.25, 0.3) is 0 Å². The van der Waals surface area contributed by atoms with Gasteiger partial charge >= 0.3 is 0 Å². The Morgan fingerprint density at radius 1 is 1.09 bits per heavy atom. The quantitative estimate of drug-likeness (QED) is 0.696. The summed E-state index contributed by atoms with van der Waals surface area (Å²) < 4.78 is 27.3. The molecule has 7 nitrogen and oxygen atoms in total. The number of sulfonamides is 1. The third-order valence-electron chi connectivity index (χ3n) is 6.01. The number of hydrogen-bond donors (Lipinski definition) is 1. The van der Waals surface area contributed by atoms with E-state index < -0.39 is 16.1 Å². The predicted octanol–water partition coefficient (Wildman–Crippen LogP) is 2.76. The molecule has 4 rings (SSSR count). The molecule has 1 N–H and O–H groups in total. The zero-order chi connectivity index (χ0) is 22.9. The molecule has 0 radical (unpaired) electrons. The van der Waals surface area contributed by atoms with Crippen LogP contribution in [0.2, 0.25) is 5.02 Å². The van der Waals surface area contributed by atoms with E-state index in [0.29, 0.717) is 42.3 Å². The highest BCUT2D eigenvalue weighted by Crippen LogP contribution is 2.35. The maximum Gasteiger partial charge on any atom is 0.243 e. The second-order valence-corrected chi connectivity index (χ2v) is 10.6. The molecule has 2 heterocycles. The van der Waals surface area contributed by atoms with Crippen LogP contribution in [0, 0.1) is 0 Å². The predicted molar refractivity (Wildman–Crippen MR) is 123 cm³/mol. The van der Waals surface area contributed by atoms with Crippen molar-refractivity contribution in [1.82, 2.24) is 9.62 Å². The zero-order valence-corrected chi connectivity index (χ0v) is 19.5. The number of hydrogen-bond acceptors (Lipinski definition) is 4. The van der Waals surface area contributed by atoms with E-state index in [0.717, 1.165) is 18.4 Å². The monoisotopic (exact) mass is 475 g/mol. The van der Waals surface area contributed by atoms with Crippen LogP contribution in [-0.2, 0) is 32.5 Å². The van der Waals surface area contributed by atoms with Crippen LogP contribution in [0.5, 0.6) is 0 Å². The molecule has 0 spiro atoms. The van der Waals surface area contributed by atoms with Gasteiger partial charge in [0.2, 0.25) is 21.8 Å². The number of nitrogens with one attached hydrogen (secondary N) is 1. The van der Waals surface area contributed by atoms with E-state index in [2.05, 4.69) is 5.32 Å². The molecule has 0 saturated carbocycles. The summed E-state index contributed by atoms with van der Waals surface area (Å²) in [5.74, 6) is -0.508. The number of fused-ring (bicyclic) bond motifs is 1. The summed E-state index contributed by atoms with van der Waals surface area (Å²) in [6, 6.07) is 11.5. The van der Waals surface area contributed by atoms with Crippen LogP contribution in [-0.4, -0.2) is 50.2 Å². The van der Waals surface area contributed by atoms with Crippen LogP contribution in [0.1, 0.15) is 30.9 Å². The summed E-state index contributed by atoms with van der Waals surface area (Å²) in [6.45, 7) is 2.89. The lowest BCUT2D eigenvalue weighted by Crippen LogP contribution is -2.47. The summed E-state index contributed by atoms with van der Waals surface area (Å²) >= 11 is 5.90. The van der Waals surface area contributed by atoms with Gasteiger partial charge in [0.05, 0.1) is 4.90 Å². The lowest BCUT2D eigenvalue weighted by atomic mass is 10.1. The van der Waals surface area contributed by atoms with Gasteiger partial charge in [-0.15, -0.1) is 0 Å². The first-order valence-electron chi connectivity index (χ1n) is 10.7. The van der Waals surface area contributed by atoms with Crippen molar-refractivity contribution in [3.8, 4) is 0 Å². The van der Waals surface area contributed by atoms with Gasteiger partial charge in [-0.05, 0) is 60.7 Å². The largest absolute Gasteiger partial charge is 0.354 e. The Balaban J connectivity index is 1.48. The summed E-state index contributed by atoms with van der Waals surface area (Å²) in [5.41, 5.74) is 2.33. The van der Waals surface area contributed by atoms with Crippen LogP contribution < -0.4 is 10.2 Å². The Kier molecular flexibility index (Phi) is 6.55. The molecule has 2 aromatic rings. The van der Waals surface area contributed by atoms with Gasteiger partial charge in [-0.25, -0.2) is 8.42 Å². The van der Waals surface area contributed by atoms with Gasteiger partial charge in [-0.2, -0.15) is 4.31 Å². The summed E-state index contributed by atoms with van der Waals surface area (Å²) in [6.07, 6.45) is 2.65. The van der Waals surface area contributed by atoms with Crippen LogP contribution in [0.3, 0.4) is 0 Å². The molecule has 1 saturated heterocycles. The fourth-order valence-electron chi connectivity index (χ4n) is 4.36. The Hall–Kier alpha value is -2.42. The highest BCUT2D eigenvalue weighted by Gasteiger charge is 2.38. The maximum atomic E-state index is 12.9. The van der Waals surface area contributed by atoms with E-state index >= 15 is 0 Å². The average molecular weight is 476 g/mol. The number of rotatable bonds is 6. The van der Waals surface area contributed by atoms with E-state index in [4.69, 9.17) is 11.6 Å². The number of nitrogens with zero attached hydrogens (tertiary/aromatic N) is 2. The third-order valence-corrected chi connectivity index (χ3v) is 8.15. The number of carbonyl (C=O) groups is 2. The molecule has 0 bridgehead atoms. The van der Waals surface area contributed by atoms with E-state index in [9.17, 15) is 18.0 Å². The first-order valence-corrected chi connectivity index (χ1v) is 12.5. The van der Waals surface area contributed by atoms with E-state index in [1.54, 1.807) is 24.3 Å². The summed E-state index contributed by atoms with van der Waals surface area (Å²) in [7, 11) is -3.56. The lowest BCUT2D eigenvalue weighted by Gasteiger charge is -2.23. The number of amides is 2. The zero-order valence-electron chi connectivity index (χ0n) is 17.9. The molecular weight excluding hydrogens is 450 g/mol. The van der Waals surface area contributed by atoms with Crippen molar-refractivity contribution in [3.63, 3.8) is 0 Å². The van der Waals surface area contributed by atoms with Crippen molar-refractivity contribution in [3.05, 3.63) is 58.6 Å². The first kappa shape index (κ1) is 22.8. The standard InChI is InChI=1S/C23H26ClN3O4S/c1-16(28)27-21-9-8-20(32(30,31)26-12-2-3-13-26)14-18(21)15-22(27)23(29)25-11-10-17-4-6-19(24)7-5-17/h4-9,14,22H,2-3,10-13,15H2,1H3,(H,25,29)/t22-/m1/s1. The highest BCUT2D eigenvalue weighted by atomic mass is 35.5. The fraction of sp³-hybridized carbons (Fsp3) is 0.391. The molecule has 2 amide bonds. The van der Waals surface area contributed by atoms with Crippen molar-refractivity contribution in [2.75, 3.05) is 24.5 Å². The molecule has 1 atom stereocenters. The van der Waals surface area contributed by atoms with Crippen LogP contribution in [0.15, 0.2) is 47.4 Å². The minimum absolute atomic E-state index is 0.213. The van der Waals surface area contributed by atoms with Crippen molar-refractivity contribution in [2.24, 2.45) is 0 Å². The van der Waals surface area contributed by atoms with Crippen molar-refractivity contribution >= 4 is 39.1 Å². The highest BCUT2D eigenvalue weighted by molar-refractivity contribution is 7.89. The number of anilines is 1. The number of benzene rings is 2. The SMILES string of the molecule is CC(=O)N1c2ccc(S(=O)(=O)N3CCCC3)cc2C[C@@H]1C(=O)NCCc1ccc(Cl)cc1. The average Bonchev–Trinajstić information content (AvgIpc) is 3.43. The van der Waals surface area contributed by atoms with Gasteiger partial charge in [0, 0.05) is 43.7 Å². The molecular formula is C23H26ClN3O4S. The second-order valence-electron chi connectivity index (χ2n) is 8.18. The molecule has 0 aromatic heterocycles. The fourth-order valence-corrected chi connectivity index (χ4v) is 6.06. The molecule has 2 aromatic carbocycles. The Morgan fingerprint density at radius 2 is 1.78 bits per heavy atom. The normalized spacial score (nSPS) is 18.6. The van der Waals surface area contributed by atoms with Crippen molar-refractivity contribution < 1.29 is 18.0 Å². The molecule has 0 aliphatic carbocycles. The second kappa shape index (κ2) is 9.21. The van der Waals surface area contributed by atoms with Crippen LogP contribution in [0.4, 0.5) is 5.69 Å². The third kappa shape index (κ3) is 4.53. The molecule has 9 heteroatoms. The minimum atomic E-state index is -3.56. The van der Waals surface area contributed by atoms with E-state index in [-0.39, 0.29) is 23.1 Å². The van der Waals surface area contributed by atoms with Gasteiger partial charge in [-0.1, -0.05) is 23.7 Å².